The zero-order valence-corrected chi connectivity index (χ0v) is 18.1. The molecule has 2 aromatic carbocycles. The van der Waals surface area contributed by atoms with Crippen LogP contribution in [0.1, 0.15) is 35.4 Å². The van der Waals surface area contributed by atoms with E-state index in [0.29, 0.717) is 54.7 Å². The van der Waals surface area contributed by atoms with E-state index in [0.717, 1.165) is 0 Å². The van der Waals surface area contributed by atoms with Gasteiger partial charge in [-0.25, -0.2) is 8.42 Å². The zero-order valence-electron chi connectivity index (χ0n) is 17.3. The highest BCUT2D eigenvalue weighted by Crippen LogP contribution is 2.20. The standard InChI is InChI=1S/C21H24N4O5S/c1-3-29-18-9-11-19(12-10-18)31(27,28)25-17-7-4-6-16(14-17)21(26)22-13-5-8-20-23-15(2)24-30-20/h4,6-7,9-12,14,25H,3,5,8,13H2,1-2H3,(H,22,26). The molecule has 0 saturated heterocycles. The quantitative estimate of drug-likeness (QED) is 0.461. The SMILES string of the molecule is CCOc1ccc(S(=O)(=O)Nc2cccc(C(=O)NCCCc3nc(C)no3)c2)cc1. The van der Waals surface area contributed by atoms with E-state index in [1.54, 1.807) is 37.3 Å². The van der Waals surface area contributed by atoms with Crippen molar-refractivity contribution in [2.45, 2.75) is 31.6 Å². The summed E-state index contributed by atoms with van der Waals surface area (Å²) in [5, 5.41) is 6.51. The van der Waals surface area contributed by atoms with Gasteiger partial charge in [0.05, 0.1) is 11.5 Å². The van der Waals surface area contributed by atoms with Crippen molar-refractivity contribution in [2.75, 3.05) is 17.9 Å². The third kappa shape index (κ3) is 6.29. The molecule has 1 heterocycles. The number of benzene rings is 2. The third-order valence-electron chi connectivity index (χ3n) is 4.24. The van der Waals surface area contributed by atoms with E-state index in [4.69, 9.17) is 9.26 Å². The van der Waals surface area contributed by atoms with E-state index >= 15 is 0 Å². The average molecular weight is 445 g/mol. The maximum absolute atomic E-state index is 12.6. The number of nitrogens with one attached hydrogen (secondary N) is 2. The van der Waals surface area contributed by atoms with Crippen LogP contribution in [-0.2, 0) is 16.4 Å². The molecule has 0 unspecified atom stereocenters. The molecule has 2 N–H and O–H groups in total. The molecule has 31 heavy (non-hydrogen) atoms. The number of ether oxygens (including phenoxy) is 1. The first-order valence-corrected chi connectivity index (χ1v) is 11.3. The maximum atomic E-state index is 12.6. The van der Waals surface area contributed by atoms with E-state index in [2.05, 4.69) is 20.2 Å². The highest BCUT2D eigenvalue weighted by molar-refractivity contribution is 7.92. The summed E-state index contributed by atoms with van der Waals surface area (Å²) in [6.07, 6.45) is 1.19. The number of aromatic nitrogens is 2. The number of nitrogens with zero attached hydrogens (tertiary/aromatic N) is 2. The largest absolute Gasteiger partial charge is 0.494 e. The van der Waals surface area contributed by atoms with Crippen LogP contribution in [0.3, 0.4) is 0 Å². The minimum atomic E-state index is -3.80. The van der Waals surface area contributed by atoms with Crippen LogP contribution in [0.2, 0.25) is 0 Å². The van der Waals surface area contributed by atoms with E-state index in [1.807, 2.05) is 6.92 Å². The number of sulfonamides is 1. The molecule has 1 amide bonds. The molecule has 0 bridgehead atoms. The Kier molecular flexibility index (Phi) is 7.24. The summed E-state index contributed by atoms with van der Waals surface area (Å²) < 4.78 is 38.1. The lowest BCUT2D eigenvalue weighted by Crippen LogP contribution is -2.25. The van der Waals surface area contributed by atoms with Crippen LogP contribution in [0, 0.1) is 6.92 Å². The van der Waals surface area contributed by atoms with Gasteiger partial charge in [0.25, 0.3) is 15.9 Å². The van der Waals surface area contributed by atoms with Crippen LogP contribution in [-0.4, -0.2) is 37.6 Å². The predicted octanol–water partition coefficient (Wildman–Crippen LogP) is 2.94. The molecular weight excluding hydrogens is 420 g/mol. The van der Waals surface area contributed by atoms with E-state index in [9.17, 15) is 13.2 Å². The van der Waals surface area contributed by atoms with Gasteiger partial charge in [0.1, 0.15) is 5.75 Å². The summed E-state index contributed by atoms with van der Waals surface area (Å²) in [5.74, 6) is 1.39. The van der Waals surface area contributed by atoms with Crippen molar-refractivity contribution in [3.63, 3.8) is 0 Å². The summed E-state index contributed by atoms with van der Waals surface area (Å²) in [6, 6.07) is 12.4. The van der Waals surface area contributed by atoms with E-state index < -0.39 is 10.0 Å². The van der Waals surface area contributed by atoms with Crippen molar-refractivity contribution in [2.24, 2.45) is 0 Å². The van der Waals surface area contributed by atoms with Crippen molar-refractivity contribution in [3.8, 4) is 5.75 Å². The Labute approximate surface area is 180 Å². The molecule has 0 aliphatic carbocycles. The van der Waals surface area contributed by atoms with Gasteiger partial charge in [0.15, 0.2) is 5.82 Å². The molecule has 0 aliphatic heterocycles. The summed E-state index contributed by atoms with van der Waals surface area (Å²) in [4.78, 5) is 16.6. The second-order valence-electron chi connectivity index (χ2n) is 6.69. The molecule has 164 valence electrons. The number of amides is 1. The lowest BCUT2D eigenvalue weighted by atomic mass is 10.2. The average Bonchev–Trinajstić information content (AvgIpc) is 3.16. The zero-order chi connectivity index (χ0) is 22.3. The Hall–Kier alpha value is -3.40. The van der Waals surface area contributed by atoms with Gasteiger partial charge in [-0.3, -0.25) is 9.52 Å². The van der Waals surface area contributed by atoms with E-state index in [1.165, 1.54) is 18.2 Å². The second-order valence-corrected chi connectivity index (χ2v) is 8.37. The fraction of sp³-hybridized carbons (Fsp3) is 0.286. The Morgan fingerprint density at radius 3 is 2.61 bits per heavy atom. The van der Waals surface area contributed by atoms with Gasteiger partial charge in [-0.05, 0) is 62.7 Å². The van der Waals surface area contributed by atoms with Crippen LogP contribution < -0.4 is 14.8 Å². The molecule has 0 fully saturated rings. The first-order valence-electron chi connectivity index (χ1n) is 9.80. The van der Waals surface area contributed by atoms with E-state index in [-0.39, 0.29) is 10.8 Å². The van der Waals surface area contributed by atoms with Gasteiger partial charge in [-0.15, -0.1) is 0 Å². The number of rotatable bonds is 10. The van der Waals surface area contributed by atoms with Crippen LogP contribution >= 0.6 is 0 Å². The van der Waals surface area contributed by atoms with Gasteiger partial charge in [-0.1, -0.05) is 11.2 Å². The van der Waals surface area contributed by atoms with Gasteiger partial charge >= 0.3 is 0 Å². The Morgan fingerprint density at radius 2 is 1.94 bits per heavy atom. The van der Waals surface area contributed by atoms with Gasteiger partial charge in [0, 0.05) is 24.2 Å². The minimum Gasteiger partial charge on any atom is -0.494 e. The fourth-order valence-corrected chi connectivity index (χ4v) is 3.85. The first kappa shape index (κ1) is 22.3. The second kappa shape index (κ2) is 10.1. The van der Waals surface area contributed by atoms with Crippen molar-refractivity contribution in [3.05, 3.63) is 65.8 Å². The Balaban J connectivity index is 1.57. The predicted molar refractivity (Wildman–Crippen MR) is 115 cm³/mol. The van der Waals surface area contributed by atoms with Gasteiger partial charge < -0.3 is 14.6 Å². The lowest BCUT2D eigenvalue weighted by Gasteiger charge is -2.10. The minimum absolute atomic E-state index is 0.0991. The number of carbonyl (C=O) groups excluding carboxylic acids is 1. The summed E-state index contributed by atoms with van der Waals surface area (Å²) in [5.41, 5.74) is 0.642. The molecule has 3 rings (SSSR count). The van der Waals surface area contributed by atoms with Crippen molar-refractivity contribution < 1.29 is 22.5 Å². The molecule has 3 aromatic rings. The topological polar surface area (TPSA) is 123 Å². The Morgan fingerprint density at radius 1 is 1.16 bits per heavy atom. The van der Waals surface area contributed by atoms with Gasteiger partial charge in [0.2, 0.25) is 5.89 Å². The third-order valence-corrected chi connectivity index (χ3v) is 5.64. The number of anilines is 1. The summed E-state index contributed by atoms with van der Waals surface area (Å²) in [7, 11) is -3.80. The number of carbonyl (C=O) groups is 1. The molecule has 0 atom stereocenters. The maximum Gasteiger partial charge on any atom is 0.261 e. The monoisotopic (exact) mass is 444 g/mol. The summed E-state index contributed by atoms with van der Waals surface area (Å²) in [6.45, 7) is 4.51. The Bertz CT molecular complexity index is 1130. The molecule has 1 aromatic heterocycles. The molecule has 10 heteroatoms. The van der Waals surface area contributed by atoms with Crippen LogP contribution in [0.15, 0.2) is 57.9 Å². The number of hydrogen-bond donors (Lipinski definition) is 2. The normalized spacial score (nSPS) is 11.2. The van der Waals surface area contributed by atoms with Crippen LogP contribution in [0.4, 0.5) is 5.69 Å². The van der Waals surface area contributed by atoms with Crippen molar-refractivity contribution >= 4 is 21.6 Å². The van der Waals surface area contributed by atoms with Crippen molar-refractivity contribution in [1.82, 2.24) is 15.5 Å². The fourth-order valence-electron chi connectivity index (χ4n) is 2.80. The highest BCUT2D eigenvalue weighted by Gasteiger charge is 2.15. The smallest absolute Gasteiger partial charge is 0.261 e. The highest BCUT2D eigenvalue weighted by atomic mass is 32.2. The first-order chi connectivity index (χ1) is 14.9. The van der Waals surface area contributed by atoms with Gasteiger partial charge in [-0.2, -0.15) is 4.98 Å². The molecule has 0 spiro atoms. The number of aryl methyl sites for hydroxylation is 2. The van der Waals surface area contributed by atoms with Crippen molar-refractivity contribution in [1.29, 1.82) is 0 Å². The lowest BCUT2D eigenvalue weighted by molar-refractivity contribution is 0.0953. The van der Waals surface area contributed by atoms with Crippen LogP contribution in [0.5, 0.6) is 5.75 Å². The molecule has 0 saturated carbocycles. The summed E-state index contributed by atoms with van der Waals surface area (Å²) >= 11 is 0. The molecule has 0 aliphatic rings. The van der Waals surface area contributed by atoms with Crippen LogP contribution in [0.25, 0.3) is 0 Å². The molecule has 9 nitrogen and oxygen atoms in total. The molecular formula is C21H24N4O5S. The number of hydrogen-bond acceptors (Lipinski definition) is 7. The molecule has 0 radical (unpaired) electrons.